The zero-order valence-corrected chi connectivity index (χ0v) is 17.8. The molecule has 4 aromatic rings. The average molecular weight is 416 g/mol. The summed E-state index contributed by atoms with van der Waals surface area (Å²) in [6, 6.07) is 16.7. The molecule has 0 saturated carbocycles. The van der Waals surface area contributed by atoms with Gasteiger partial charge in [-0.1, -0.05) is 29.5 Å². The highest BCUT2D eigenvalue weighted by Crippen LogP contribution is 2.17. The van der Waals surface area contributed by atoms with E-state index < -0.39 is 5.97 Å². The van der Waals surface area contributed by atoms with Gasteiger partial charge in [0.1, 0.15) is 5.52 Å². The fraction of sp³-hybridized carbons (Fsp3) is 0.250. The Bertz CT molecular complexity index is 1250. The topological polar surface area (TPSA) is 79.0 Å². The number of ketones is 1. The summed E-state index contributed by atoms with van der Waals surface area (Å²) < 4.78 is 9.14. The van der Waals surface area contributed by atoms with Crippen molar-refractivity contribution in [1.29, 1.82) is 0 Å². The number of para-hydroxylation sites is 1. The molecule has 0 aliphatic carbocycles. The van der Waals surface area contributed by atoms with Crippen LogP contribution in [-0.4, -0.2) is 37.9 Å². The Kier molecular flexibility index (Phi) is 5.66. The van der Waals surface area contributed by atoms with Gasteiger partial charge in [0.05, 0.1) is 17.6 Å². The van der Waals surface area contributed by atoms with E-state index in [4.69, 9.17) is 4.74 Å². The zero-order valence-electron chi connectivity index (χ0n) is 17.8. The van der Waals surface area contributed by atoms with Crippen molar-refractivity contribution in [2.45, 2.75) is 33.9 Å². The molecular weight excluding hydrogens is 392 g/mol. The molecule has 2 heterocycles. The van der Waals surface area contributed by atoms with Gasteiger partial charge >= 0.3 is 5.97 Å². The maximum absolute atomic E-state index is 12.5. The van der Waals surface area contributed by atoms with Crippen molar-refractivity contribution < 1.29 is 14.3 Å². The predicted molar refractivity (Wildman–Crippen MR) is 117 cm³/mol. The van der Waals surface area contributed by atoms with Gasteiger partial charge in [0.15, 0.2) is 6.61 Å². The lowest BCUT2D eigenvalue weighted by Crippen LogP contribution is -2.15. The Morgan fingerprint density at radius 2 is 1.77 bits per heavy atom. The van der Waals surface area contributed by atoms with Crippen molar-refractivity contribution in [3.63, 3.8) is 0 Å². The molecule has 0 amide bonds. The molecule has 31 heavy (non-hydrogen) atoms. The first-order valence-corrected chi connectivity index (χ1v) is 10.2. The van der Waals surface area contributed by atoms with Crippen molar-refractivity contribution in [2.24, 2.45) is 0 Å². The number of benzene rings is 2. The standard InChI is InChI=1S/C24H24N4O3/c1-4-27-16(2)13-20(17(27)3)23(29)15-31-24(30)19-11-9-18(10-12-19)14-28-22-8-6-5-7-21(22)25-26-28/h5-13H,4,14-15H2,1-3H3. The summed E-state index contributed by atoms with van der Waals surface area (Å²) in [5.41, 5.74) is 5.69. The number of hydrogen-bond donors (Lipinski definition) is 0. The first-order valence-electron chi connectivity index (χ1n) is 10.2. The Morgan fingerprint density at radius 3 is 2.48 bits per heavy atom. The molecule has 0 aliphatic heterocycles. The lowest BCUT2D eigenvalue weighted by atomic mass is 10.1. The van der Waals surface area contributed by atoms with E-state index in [1.54, 1.807) is 12.1 Å². The monoisotopic (exact) mass is 416 g/mol. The summed E-state index contributed by atoms with van der Waals surface area (Å²) in [5.74, 6) is -0.716. The van der Waals surface area contributed by atoms with Gasteiger partial charge < -0.3 is 9.30 Å². The second kappa shape index (κ2) is 8.55. The number of hydrogen-bond acceptors (Lipinski definition) is 5. The van der Waals surface area contributed by atoms with Crippen molar-refractivity contribution in [1.82, 2.24) is 19.6 Å². The smallest absolute Gasteiger partial charge is 0.338 e. The minimum Gasteiger partial charge on any atom is -0.454 e. The molecule has 0 fully saturated rings. The quantitative estimate of drug-likeness (QED) is 0.337. The van der Waals surface area contributed by atoms with E-state index in [1.807, 2.05) is 67.9 Å². The van der Waals surface area contributed by atoms with Gasteiger partial charge in [-0.3, -0.25) is 4.79 Å². The normalized spacial score (nSPS) is 11.1. The highest BCUT2D eigenvalue weighted by molar-refractivity contribution is 6.00. The summed E-state index contributed by atoms with van der Waals surface area (Å²) in [6.45, 7) is 6.96. The molecule has 0 bridgehead atoms. The van der Waals surface area contributed by atoms with Crippen LogP contribution in [0.25, 0.3) is 11.0 Å². The summed E-state index contributed by atoms with van der Waals surface area (Å²) in [4.78, 5) is 24.9. The number of nitrogens with zero attached hydrogens (tertiary/aromatic N) is 4. The highest BCUT2D eigenvalue weighted by Gasteiger charge is 2.17. The van der Waals surface area contributed by atoms with E-state index in [1.165, 1.54) is 0 Å². The third-order valence-corrected chi connectivity index (χ3v) is 5.47. The molecule has 0 spiro atoms. The molecule has 0 radical (unpaired) electrons. The van der Waals surface area contributed by atoms with Crippen LogP contribution in [0.5, 0.6) is 0 Å². The molecule has 0 N–H and O–H groups in total. The number of ether oxygens (including phenoxy) is 1. The molecule has 2 aromatic heterocycles. The van der Waals surface area contributed by atoms with E-state index in [0.717, 1.165) is 34.5 Å². The maximum Gasteiger partial charge on any atom is 0.338 e. The fourth-order valence-corrected chi connectivity index (χ4v) is 3.82. The predicted octanol–water partition coefficient (Wildman–Crippen LogP) is 3.96. The SMILES string of the molecule is CCn1c(C)cc(C(=O)COC(=O)c2ccc(Cn3nnc4ccccc43)cc2)c1C. The maximum atomic E-state index is 12.5. The van der Waals surface area contributed by atoms with Crippen LogP contribution >= 0.6 is 0 Å². The largest absolute Gasteiger partial charge is 0.454 e. The number of aromatic nitrogens is 4. The molecule has 158 valence electrons. The van der Waals surface area contributed by atoms with Crippen molar-refractivity contribution in [3.8, 4) is 0 Å². The van der Waals surface area contributed by atoms with E-state index in [0.29, 0.717) is 17.7 Å². The van der Waals surface area contributed by atoms with Crippen LogP contribution in [0.1, 0.15) is 44.6 Å². The van der Waals surface area contributed by atoms with Gasteiger partial charge in [-0.2, -0.15) is 0 Å². The van der Waals surface area contributed by atoms with Gasteiger partial charge in [-0.25, -0.2) is 9.48 Å². The summed E-state index contributed by atoms with van der Waals surface area (Å²) in [7, 11) is 0. The van der Waals surface area contributed by atoms with Crippen LogP contribution in [0, 0.1) is 13.8 Å². The third-order valence-electron chi connectivity index (χ3n) is 5.47. The third kappa shape index (κ3) is 4.12. The van der Waals surface area contributed by atoms with Gasteiger partial charge in [0.25, 0.3) is 0 Å². The van der Waals surface area contributed by atoms with Crippen molar-refractivity contribution in [2.75, 3.05) is 6.61 Å². The molecule has 7 nitrogen and oxygen atoms in total. The van der Waals surface area contributed by atoms with Crippen LogP contribution < -0.4 is 0 Å². The molecule has 0 aliphatic rings. The summed E-state index contributed by atoms with van der Waals surface area (Å²) in [6.07, 6.45) is 0. The second-order valence-electron chi connectivity index (χ2n) is 7.46. The van der Waals surface area contributed by atoms with Gasteiger partial charge in [-0.05, 0) is 56.7 Å². The Balaban J connectivity index is 1.39. The molecule has 4 rings (SSSR count). The van der Waals surface area contributed by atoms with Crippen LogP contribution in [-0.2, 0) is 17.8 Å². The van der Waals surface area contributed by atoms with E-state index in [-0.39, 0.29) is 12.4 Å². The van der Waals surface area contributed by atoms with E-state index >= 15 is 0 Å². The second-order valence-corrected chi connectivity index (χ2v) is 7.46. The van der Waals surface area contributed by atoms with Crippen LogP contribution in [0.4, 0.5) is 0 Å². The van der Waals surface area contributed by atoms with E-state index in [9.17, 15) is 9.59 Å². The fourth-order valence-electron chi connectivity index (χ4n) is 3.82. The molecule has 7 heteroatoms. The number of rotatable bonds is 7. The summed E-state index contributed by atoms with van der Waals surface area (Å²) >= 11 is 0. The lowest BCUT2D eigenvalue weighted by Gasteiger charge is -2.07. The number of carbonyl (C=O) groups excluding carboxylic acids is 2. The van der Waals surface area contributed by atoms with Gasteiger partial charge in [0, 0.05) is 23.5 Å². The molecular formula is C24H24N4O3. The van der Waals surface area contributed by atoms with Crippen LogP contribution in [0.2, 0.25) is 0 Å². The molecule has 0 atom stereocenters. The minimum atomic E-state index is -0.518. The Labute approximate surface area is 180 Å². The number of esters is 1. The lowest BCUT2D eigenvalue weighted by molar-refractivity contribution is 0.0474. The summed E-state index contributed by atoms with van der Waals surface area (Å²) in [5, 5.41) is 8.33. The van der Waals surface area contributed by atoms with Crippen molar-refractivity contribution in [3.05, 3.63) is 82.7 Å². The van der Waals surface area contributed by atoms with Crippen LogP contribution in [0.3, 0.4) is 0 Å². The minimum absolute atomic E-state index is 0.198. The molecule has 0 saturated heterocycles. The van der Waals surface area contributed by atoms with Crippen LogP contribution in [0.15, 0.2) is 54.6 Å². The van der Waals surface area contributed by atoms with Gasteiger partial charge in [0.2, 0.25) is 5.78 Å². The number of Topliss-reactive ketones (excluding diaryl/α,β-unsaturated/α-hetero) is 1. The highest BCUT2D eigenvalue weighted by atomic mass is 16.5. The Hall–Kier alpha value is -3.74. The first kappa shape index (κ1) is 20.5. The average Bonchev–Trinajstić information content (AvgIpc) is 3.32. The first-order chi connectivity index (χ1) is 15.0. The zero-order chi connectivity index (χ0) is 22.0. The van der Waals surface area contributed by atoms with Crippen molar-refractivity contribution >= 4 is 22.8 Å². The van der Waals surface area contributed by atoms with E-state index in [2.05, 4.69) is 14.9 Å². The Morgan fingerprint density at radius 1 is 1.03 bits per heavy atom. The number of carbonyl (C=O) groups is 2. The number of aryl methyl sites for hydroxylation is 1. The number of fused-ring (bicyclic) bond motifs is 1. The molecule has 0 unspecified atom stereocenters. The molecule has 2 aromatic carbocycles. The van der Waals surface area contributed by atoms with Gasteiger partial charge in [-0.15, -0.1) is 5.10 Å².